The average molecular weight is 307 g/mol. The quantitative estimate of drug-likeness (QED) is 0.883. The molecular formula is C15H15F2N3O2. The van der Waals surface area contributed by atoms with E-state index in [1.807, 2.05) is 6.92 Å². The first-order valence-corrected chi connectivity index (χ1v) is 6.73. The lowest BCUT2D eigenvalue weighted by molar-refractivity contribution is 0.0909. The Labute approximate surface area is 126 Å². The van der Waals surface area contributed by atoms with Crippen molar-refractivity contribution >= 4 is 5.91 Å². The summed E-state index contributed by atoms with van der Waals surface area (Å²) in [6.45, 7) is 1.51. The molecule has 1 aromatic carbocycles. The topological polar surface area (TPSA) is 75.1 Å². The van der Waals surface area contributed by atoms with Crippen molar-refractivity contribution < 1.29 is 18.7 Å². The Kier molecular flexibility index (Phi) is 5.11. The molecule has 1 unspecified atom stereocenters. The van der Waals surface area contributed by atoms with E-state index in [0.29, 0.717) is 12.1 Å². The summed E-state index contributed by atoms with van der Waals surface area (Å²) in [6.07, 6.45) is 1.74. The summed E-state index contributed by atoms with van der Waals surface area (Å²) >= 11 is 0. The lowest BCUT2D eigenvalue weighted by Gasteiger charge is -2.14. The van der Waals surface area contributed by atoms with Gasteiger partial charge in [0.2, 0.25) is 0 Å². The number of halogens is 2. The Hall–Kier alpha value is -2.41. The number of aryl methyl sites for hydroxylation is 1. The first-order valence-electron chi connectivity index (χ1n) is 6.73. The van der Waals surface area contributed by atoms with E-state index >= 15 is 0 Å². The molecule has 0 aliphatic rings. The highest BCUT2D eigenvalue weighted by Gasteiger charge is 2.19. The highest BCUT2D eigenvalue weighted by Crippen LogP contribution is 2.20. The smallest absolute Gasteiger partial charge is 0.254 e. The van der Waals surface area contributed by atoms with Gasteiger partial charge in [0.25, 0.3) is 5.91 Å². The number of hydrogen-bond donors (Lipinski definition) is 2. The molecule has 22 heavy (non-hydrogen) atoms. The van der Waals surface area contributed by atoms with Crippen molar-refractivity contribution in [2.45, 2.75) is 19.4 Å². The predicted octanol–water partition coefficient (Wildman–Crippen LogP) is 1.78. The average Bonchev–Trinajstić information content (AvgIpc) is 2.52. The zero-order chi connectivity index (χ0) is 16.1. The number of carbonyl (C=O) groups excluding carboxylic acids is 1. The lowest BCUT2D eigenvalue weighted by Crippen LogP contribution is -2.30. The molecule has 1 amide bonds. The molecule has 2 aromatic rings. The minimum Gasteiger partial charge on any atom is -0.386 e. The van der Waals surface area contributed by atoms with Gasteiger partial charge < -0.3 is 10.4 Å². The van der Waals surface area contributed by atoms with Crippen LogP contribution in [-0.2, 0) is 6.42 Å². The van der Waals surface area contributed by atoms with Crippen LogP contribution < -0.4 is 5.32 Å². The van der Waals surface area contributed by atoms with Crippen LogP contribution in [0, 0.1) is 11.6 Å². The maximum atomic E-state index is 13.5. The Bertz CT molecular complexity index is 659. The number of aliphatic hydroxyl groups is 1. The Morgan fingerprint density at radius 1 is 1.36 bits per heavy atom. The molecule has 0 radical (unpaired) electrons. The summed E-state index contributed by atoms with van der Waals surface area (Å²) in [5.41, 5.74) is 0.355. The van der Waals surface area contributed by atoms with Gasteiger partial charge in [-0.1, -0.05) is 13.0 Å². The van der Waals surface area contributed by atoms with Gasteiger partial charge in [-0.3, -0.25) is 4.79 Å². The number of nitrogens with zero attached hydrogens (tertiary/aromatic N) is 2. The van der Waals surface area contributed by atoms with Crippen LogP contribution in [0.3, 0.4) is 0 Å². The fraction of sp³-hybridized carbons (Fsp3) is 0.267. The fourth-order valence-electron chi connectivity index (χ4n) is 2.04. The van der Waals surface area contributed by atoms with Crippen molar-refractivity contribution in [3.63, 3.8) is 0 Å². The highest BCUT2D eigenvalue weighted by molar-refractivity contribution is 5.94. The van der Waals surface area contributed by atoms with E-state index in [0.717, 1.165) is 12.1 Å². The van der Waals surface area contributed by atoms with Gasteiger partial charge in [-0.05, 0) is 18.6 Å². The van der Waals surface area contributed by atoms with E-state index in [1.165, 1.54) is 18.6 Å². The van der Waals surface area contributed by atoms with Crippen molar-refractivity contribution in [1.29, 1.82) is 0 Å². The Balaban J connectivity index is 2.08. The van der Waals surface area contributed by atoms with E-state index in [9.17, 15) is 18.7 Å². The molecule has 2 N–H and O–H groups in total. The largest absolute Gasteiger partial charge is 0.386 e. The molecule has 7 heteroatoms. The number of amides is 1. The molecule has 5 nitrogen and oxygen atoms in total. The first kappa shape index (κ1) is 16.0. The molecular weight excluding hydrogens is 292 g/mol. The Morgan fingerprint density at radius 3 is 2.68 bits per heavy atom. The second-order valence-corrected chi connectivity index (χ2v) is 4.60. The van der Waals surface area contributed by atoms with Gasteiger partial charge in [0.15, 0.2) is 0 Å². The molecule has 2 rings (SSSR count). The summed E-state index contributed by atoms with van der Waals surface area (Å²) < 4.78 is 27.1. The standard InChI is InChI=1S/C15H15F2N3O2/c1-2-12-9(6-18-8-20-12)15(22)19-7-13(21)14-10(16)4-3-5-11(14)17/h3-6,8,13,21H,2,7H2,1H3,(H,19,22). The van der Waals surface area contributed by atoms with Crippen LogP contribution in [0.15, 0.2) is 30.7 Å². The van der Waals surface area contributed by atoms with Gasteiger partial charge >= 0.3 is 0 Å². The summed E-state index contributed by atoms with van der Waals surface area (Å²) in [6, 6.07) is 3.29. The molecule has 1 heterocycles. The SMILES string of the molecule is CCc1ncncc1C(=O)NCC(O)c1c(F)cccc1F. The minimum absolute atomic E-state index is 0.270. The predicted molar refractivity (Wildman–Crippen MR) is 75.1 cm³/mol. The molecule has 0 bridgehead atoms. The van der Waals surface area contributed by atoms with E-state index in [-0.39, 0.29) is 12.1 Å². The molecule has 0 saturated carbocycles. The van der Waals surface area contributed by atoms with Crippen molar-refractivity contribution in [3.8, 4) is 0 Å². The van der Waals surface area contributed by atoms with Crippen LogP contribution in [0.1, 0.15) is 34.6 Å². The van der Waals surface area contributed by atoms with Gasteiger partial charge in [-0.2, -0.15) is 0 Å². The molecule has 0 spiro atoms. The lowest BCUT2D eigenvalue weighted by atomic mass is 10.1. The van der Waals surface area contributed by atoms with Gasteiger partial charge in [-0.15, -0.1) is 0 Å². The third kappa shape index (κ3) is 3.43. The number of aliphatic hydroxyl groups excluding tert-OH is 1. The number of carbonyl (C=O) groups is 1. The van der Waals surface area contributed by atoms with Crippen LogP contribution in [0.4, 0.5) is 8.78 Å². The number of nitrogens with one attached hydrogen (secondary N) is 1. The molecule has 1 aromatic heterocycles. The van der Waals surface area contributed by atoms with E-state index in [4.69, 9.17) is 0 Å². The maximum absolute atomic E-state index is 13.5. The zero-order valence-corrected chi connectivity index (χ0v) is 11.9. The van der Waals surface area contributed by atoms with Gasteiger partial charge in [0.1, 0.15) is 24.1 Å². The van der Waals surface area contributed by atoms with Crippen LogP contribution >= 0.6 is 0 Å². The van der Waals surface area contributed by atoms with Gasteiger partial charge in [0.05, 0.1) is 16.8 Å². The van der Waals surface area contributed by atoms with E-state index in [1.54, 1.807) is 0 Å². The zero-order valence-electron chi connectivity index (χ0n) is 11.9. The molecule has 1 atom stereocenters. The van der Waals surface area contributed by atoms with Gasteiger partial charge in [-0.25, -0.2) is 18.7 Å². The minimum atomic E-state index is -1.49. The Morgan fingerprint density at radius 2 is 2.05 bits per heavy atom. The second-order valence-electron chi connectivity index (χ2n) is 4.60. The summed E-state index contributed by atoms with van der Waals surface area (Å²) in [4.78, 5) is 19.8. The second kappa shape index (κ2) is 7.04. The molecule has 0 fully saturated rings. The molecule has 0 aliphatic carbocycles. The van der Waals surface area contributed by atoms with E-state index < -0.39 is 29.2 Å². The highest BCUT2D eigenvalue weighted by atomic mass is 19.1. The monoisotopic (exact) mass is 307 g/mol. The van der Waals surface area contributed by atoms with Crippen molar-refractivity contribution in [3.05, 3.63) is 59.2 Å². The summed E-state index contributed by atoms with van der Waals surface area (Å²) in [5, 5.41) is 12.3. The van der Waals surface area contributed by atoms with E-state index in [2.05, 4.69) is 15.3 Å². The van der Waals surface area contributed by atoms with Crippen molar-refractivity contribution in [2.75, 3.05) is 6.54 Å². The normalized spacial score (nSPS) is 12.0. The fourth-order valence-corrected chi connectivity index (χ4v) is 2.04. The third-order valence-electron chi connectivity index (χ3n) is 3.16. The number of benzene rings is 1. The van der Waals surface area contributed by atoms with Gasteiger partial charge in [0, 0.05) is 12.7 Å². The number of rotatable bonds is 5. The van der Waals surface area contributed by atoms with Crippen molar-refractivity contribution in [2.24, 2.45) is 0 Å². The van der Waals surface area contributed by atoms with Crippen LogP contribution in [0.2, 0.25) is 0 Å². The van der Waals surface area contributed by atoms with Crippen LogP contribution in [0.25, 0.3) is 0 Å². The van der Waals surface area contributed by atoms with Crippen LogP contribution in [-0.4, -0.2) is 27.5 Å². The first-order chi connectivity index (χ1) is 10.5. The maximum Gasteiger partial charge on any atom is 0.254 e. The molecule has 116 valence electrons. The number of hydrogen-bond acceptors (Lipinski definition) is 4. The summed E-state index contributed by atoms with van der Waals surface area (Å²) in [5.74, 6) is -2.23. The third-order valence-corrected chi connectivity index (χ3v) is 3.16. The molecule has 0 aliphatic heterocycles. The van der Waals surface area contributed by atoms with Crippen molar-refractivity contribution in [1.82, 2.24) is 15.3 Å². The van der Waals surface area contributed by atoms with Crippen LogP contribution in [0.5, 0.6) is 0 Å². The molecule has 0 saturated heterocycles. The summed E-state index contributed by atoms with van der Waals surface area (Å²) in [7, 11) is 0. The number of aromatic nitrogens is 2.